The summed E-state index contributed by atoms with van der Waals surface area (Å²) in [6.45, 7) is 5.45. The highest BCUT2D eigenvalue weighted by Gasteiger charge is 2.67. The van der Waals surface area contributed by atoms with E-state index in [2.05, 4.69) is 52.9 Å². The van der Waals surface area contributed by atoms with Crippen molar-refractivity contribution in [2.45, 2.75) is 55.3 Å². The van der Waals surface area contributed by atoms with Gasteiger partial charge in [-0.05, 0) is 59.9 Å². The summed E-state index contributed by atoms with van der Waals surface area (Å²) in [6.07, 6.45) is 4.64. The zero-order chi connectivity index (χ0) is 22.8. The number of fused-ring (bicyclic) bond motifs is 2. The molecule has 0 bridgehead atoms. The predicted octanol–water partition coefficient (Wildman–Crippen LogP) is 3.98. The van der Waals surface area contributed by atoms with E-state index in [0.29, 0.717) is 11.8 Å². The molecule has 33 heavy (non-hydrogen) atoms. The Hall–Kier alpha value is -1.89. The quantitative estimate of drug-likeness (QED) is 0.639. The minimum absolute atomic E-state index is 0.115. The Morgan fingerprint density at radius 2 is 1.70 bits per heavy atom. The molecular formula is C27H34N2O3S. The summed E-state index contributed by atoms with van der Waals surface area (Å²) in [5.41, 5.74) is 4.93. The Morgan fingerprint density at radius 3 is 2.27 bits per heavy atom. The number of likely N-dealkylation sites (tertiary alicyclic amines) is 1. The number of methoxy groups -OCH3 is 1. The van der Waals surface area contributed by atoms with E-state index in [1.54, 1.807) is 0 Å². The lowest BCUT2D eigenvalue weighted by atomic mass is 9.87. The second kappa shape index (κ2) is 7.56. The molecule has 3 aliphatic carbocycles. The van der Waals surface area contributed by atoms with Crippen LogP contribution < -0.4 is 4.72 Å². The number of nitrogens with one attached hydrogen (secondary N) is 1. The van der Waals surface area contributed by atoms with Crippen molar-refractivity contribution in [2.75, 3.05) is 31.5 Å². The third-order valence-electron chi connectivity index (χ3n) is 8.91. The number of piperidine rings is 1. The smallest absolute Gasteiger partial charge is 0.235 e. The highest BCUT2D eigenvalue weighted by Crippen LogP contribution is 2.65. The molecular weight excluding hydrogens is 432 g/mol. The number of ether oxygens (including phenoxy) is 1. The molecule has 2 aromatic carbocycles. The van der Waals surface area contributed by atoms with Crippen molar-refractivity contribution >= 4 is 15.7 Å². The summed E-state index contributed by atoms with van der Waals surface area (Å²) < 4.78 is 33.8. The Labute approximate surface area is 197 Å². The molecule has 3 atom stereocenters. The van der Waals surface area contributed by atoms with E-state index >= 15 is 0 Å². The minimum atomic E-state index is -3.23. The molecule has 0 amide bonds. The number of benzene rings is 2. The van der Waals surface area contributed by atoms with Gasteiger partial charge in [0.15, 0.2) is 0 Å². The van der Waals surface area contributed by atoms with Crippen LogP contribution in [0.25, 0.3) is 0 Å². The zero-order valence-corrected chi connectivity index (χ0v) is 20.4. The molecule has 6 heteroatoms. The zero-order valence-electron chi connectivity index (χ0n) is 19.6. The van der Waals surface area contributed by atoms with E-state index in [4.69, 9.17) is 4.74 Å². The number of anilines is 1. The van der Waals surface area contributed by atoms with Gasteiger partial charge in [0, 0.05) is 50.7 Å². The lowest BCUT2D eigenvalue weighted by molar-refractivity contribution is -0.0276. The monoisotopic (exact) mass is 466 g/mol. The maximum atomic E-state index is 12.4. The molecule has 1 N–H and O–H groups in total. The van der Waals surface area contributed by atoms with Crippen molar-refractivity contribution in [1.29, 1.82) is 0 Å². The summed E-state index contributed by atoms with van der Waals surface area (Å²) in [7, 11) is -1.37. The first kappa shape index (κ1) is 21.6. The fourth-order valence-corrected chi connectivity index (χ4v) is 8.37. The van der Waals surface area contributed by atoms with Gasteiger partial charge in [-0.3, -0.25) is 9.62 Å². The number of rotatable bonds is 8. The normalized spacial score (nSPS) is 30.1. The van der Waals surface area contributed by atoms with Crippen molar-refractivity contribution in [1.82, 2.24) is 4.90 Å². The van der Waals surface area contributed by atoms with Gasteiger partial charge in [-0.2, -0.15) is 0 Å². The molecule has 5 nitrogen and oxygen atoms in total. The van der Waals surface area contributed by atoms with Gasteiger partial charge in [-0.25, -0.2) is 8.42 Å². The van der Waals surface area contributed by atoms with E-state index in [1.807, 2.05) is 19.2 Å². The van der Waals surface area contributed by atoms with E-state index in [1.165, 1.54) is 16.7 Å². The molecule has 1 saturated heterocycles. The molecule has 6 rings (SSSR count). The second-order valence-corrected chi connectivity index (χ2v) is 12.7. The van der Waals surface area contributed by atoms with Crippen LogP contribution in [0.3, 0.4) is 0 Å². The van der Waals surface area contributed by atoms with Crippen molar-refractivity contribution in [3.05, 3.63) is 65.2 Å². The molecule has 0 aromatic heterocycles. The van der Waals surface area contributed by atoms with Gasteiger partial charge < -0.3 is 4.74 Å². The summed E-state index contributed by atoms with van der Waals surface area (Å²) in [6, 6.07) is 16.9. The van der Waals surface area contributed by atoms with Gasteiger partial charge in [0.2, 0.25) is 10.0 Å². The lowest BCUT2D eigenvalue weighted by Gasteiger charge is -2.35. The van der Waals surface area contributed by atoms with Gasteiger partial charge in [0.1, 0.15) is 0 Å². The van der Waals surface area contributed by atoms with Gasteiger partial charge >= 0.3 is 0 Å². The van der Waals surface area contributed by atoms with Crippen LogP contribution in [0, 0.1) is 11.8 Å². The van der Waals surface area contributed by atoms with Gasteiger partial charge in [-0.1, -0.05) is 43.3 Å². The number of hydrogen-bond acceptors (Lipinski definition) is 4. The SMILES string of the molecule is CC[C@]1(c2cccc(NS(=O)(=O)C3CC3)c2)[C@@H]2CN(CC3(OC)Cc4ccccc4C3)C[C@@H]21. The first-order valence-electron chi connectivity index (χ1n) is 12.4. The molecule has 0 spiro atoms. The van der Waals surface area contributed by atoms with Crippen LogP contribution in [0.4, 0.5) is 5.69 Å². The molecule has 3 fully saturated rings. The van der Waals surface area contributed by atoms with Gasteiger partial charge in [0.25, 0.3) is 0 Å². The molecule has 0 radical (unpaired) electrons. The van der Waals surface area contributed by atoms with Crippen molar-refractivity contribution in [3.63, 3.8) is 0 Å². The summed E-state index contributed by atoms with van der Waals surface area (Å²) >= 11 is 0. The first-order valence-corrected chi connectivity index (χ1v) is 13.9. The number of sulfonamides is 1. The maximum Gasteiger partial charge on any atom is 0.235 e. The topological polar surface area (TPSA) is 58.6 Å². The van der Waals surface area contributed by atoms with Crippen LogP contribution in [0.2, 0.25) is 0 Å². The number of hydrogen-bond donors (Lipinski definition) is 1. The van der Waals surface area contributed by atoms with Crippen LogP contribution in [-0.4, -0.2) is 50.9 Å². The summed E-state index contributed by atoms with van der Waals surface area (Å²) in [5.74, 6) is 1.27. The number of nitrogens with zero attached hydrogens (tertiary/aromatic N) is 1. The van der Waals surface area contributed by atoms with Gasteiger partial charge in [0.05, 0.1) is 10.9 Å². The second-order valence-electron chi connectivity index (χ2n) is 10.7. The van der Waals surface area contributed by atoms with E-state index in [9.17, 15) is 8.42 Å². The highest BCUT2D eigenvalue weighted by atomic mass is 32.2. The summed E-state index contributed by atoms with van der Waals surface area (Å²) in [4.78, 5) is 2.61. The fourth-order valence-electron chi connectivity index (χ4n) is 6.99. The van der Waals surface area contributed by atoms with Crippen LogP contribution in [0.1, 0.15) is 42.9 Å². The largest absolute Gasteiger partial charge is 0.376 e. The molecule has 1 aliphatic heterocycles. The van der Waals surface area contributed by atoms with Crippen molar-refractivity contribution in [2.24, 2.45) is 11.8 Å². The van der Waals surface area contributed by atoms with E-state index < -0.39 is 10.0 Å². The molecule has 176 valence electrons. The van der Waals surface area contributed by atoms with E-state index in [-0.39, 0.29) is 16.3 Å². The Morgan fingerprint density at radius 1 is 1.03 bits per heavy atom. The van der Waals surface area contributed by atoms with Crippen LogP contribution in [0.5, 0.6) is 0 Å². The standard InChI is InChI=1S/C27H34N2O3S/c1-3-27(21-9-6-10-22(13-21)28-33(30,31)23-11-12-23)24-16-29(17-25(24)27)18-26(32-2)14-19-7-4-5-8-20(19)15-26/h4-10,13,23-25,28H,3,11-12,14-18H2,1-2H3/t24-,25+,27+. The van der Waals surface area contributed by atoms with Crippen LogP contribution >= 0.6 is 0 Å². The minimum Gasteiger partial charge on any atom is -0.376 e. The highest BCUT2D eigenvalue weighted by molar-refractivity contribution is 7.93. The molecule has 2 saturated carbocycles. The van der Waals surface area contributed by atoms with Crippen molar-refractivity contribution < 1.29 is 13.2 Å². The molecule has 4 aliphatic rings. The van der Waals surface area contributed by atoms with Gasteiger partial charge in [-0.15, -0.1) is 0 Å². The lowest BCUT2D eigenvalue weighted by Crippen LogP contribution is -2.46. The predicted molar refractivity (Wildman–Crippen MR) is 131 cm³/mol. The fraction of sp³-hybridized carbons (Fsp3) is 0.556. The molecule has 1 heterocycles. The Bertz CT molecular complexity index is 1140. The van der Waals surface area contributed by atoms with Crippen LogP contribution in [0.15, 0.2) is 48.5 Å². The Balaban J connectivity index is 1.15. The average molecular weight is 467 g/mol. The molecule has 0 unspecified atom stereocenters. The van der Waals surface area contributed by atoms with E-state index in [0.717, 1.165) is 57.4 Å². The Kier molecular flexibility index (Phi) is 4.95. The summed E-state index contributed by atoms with van der Waals surface area (Å²) in [5, 5.41) is -0.204. The third-order valence-corrected chi connectivity index (χ3v) is 10.8. The third kappa shape index (κ3) is 3.53. The average Bonchev–Trinajstić information content (AvgIpc) is 3.68. The van der Waals surface area contributed by atoms with Crippen molar-refractivity contribution in [3.8, 4) is 0 Å². The first-order chi connectivity index (χ1) is 15.9. The molecule has 2 aromatic rings. The van der Waals surface area contributed by atoms with Crippen LogP contribution in [-0.2, 0) is 33.0 Å². The maximum absolute atomic E-state index is 12.4.